The molecule has 0 radical (unpaired) electrons. The molecule has 1 aliphatic rings. The normalized spacial score (nSPS) is 20.1. The molecular formula is C10H13N5O3. The smallest absolute Gasteiger partial charge is 0.284 e. The molecular weight excluding hydrogens is 238 g/mol. The second kappa shape index (κ2) is 4.73. The number of ether oxygens (including phenoxy) is 1. The molecule has 1 saturated heterocycles. The van der Waals surface area contributed by atoms with E-state index in [0.717, 1.165) is 19.4 Å². The van der Waals surface area contributed by atoms with Crippen LogP contribution in [0.15, 0.2) is 9.15 Å². The molecule has 1 fully saturated rings. The first-order chi connectivity index (χ1) is 8.83. The van der Waals surface area contributed by atoms with Crippen molar-refractivity contribution in [3.05, 3.63) is 5.82 Å². The van der Waals surface area contributed by atoms with Gasteiger partial charge in [0.2, 0.25) is 11.5 Å². The topological polar surface area (TPSA) is 113 Å². The highest BCUT2D eigenvalue weighted by Crippen LogP contribution is 2.21. The summed E-state index contributed by atoms with van der Waals surface area (Å²) in [4.78, 5) is 4.21. The standard InChI is InChI=1S/C10H13N5O3/c11-9-8(14-18-15-9)10-12-7(13-17-10)5-6-3-1-2-4-16-6/h6H,1-5H2,(H2,11,15). The van der Waals surface area contributed by atoms with Crippen molar-refractivity contribution >= 4 is 5.82 Å². The third kappa shape index (κ3) is 2.19. The molecule has 3 rings (SSSR count). The number of rotatable bonds is 3. The summed E-state index contributed by atoms with van der Waals surface area (Å²) in [6, 6.07) is 0. The fourth-order valence-electron chi connectivity index (χ4n) is 1.95. The maximum atomic E-state index is 5.61. The number of nitrogen functional groups attached to an aromatic ring is 1. The Morgan fingerprint density at radius 2 is 2.17 bits per heavy atom. The minimum atomic E-state index is 0.138. The third-order valence-corrected chi connectivity index (χ3v) is 2.87. The van der Waals surface area contributed by atoms with Crippen molar-refractivity contribution in [2.75, 3.05) is 12.3 Å². The fraction of sp³-hybridized carbons (Fsp3) is 0.600. The van der Waals surface area contributed by atoms with Gasteiger partial charge < -0.3 is 15.0 Å². The van der Waals surface area contributed by atoms with Crippen LogP contribution in [0.1, 0.15) is 25.1 Å². The van der Waals surface area contributed by atoms with Crippen LogP contribution in [-0.2, 0) is 11.2 Å². The Morgan fingerprint density at radius 1 is 1.22 bits per heavy atom. The minimum Gasteiger partial charge on any atom is -0.379 e. The number of nitrogens with two attached hydrogens (primary N) is 1. The van der Waals surface area contributed by atoms with E-state index in [4.69, 9.17) is 15.0 Å². The monoisotopic (exact) mass is 251 g/mol. The lowest BCUT2D eigenvalue weighted by molar-refractivity contribution is 0.0153. The average molecular weight is 251 g/mol. The Balaban J connectivity index is 1.71. The van der Waals surface area contributed by atoms with Gasteiger partial charge in [-0.2, -0.15) is 4.98 Å². The van der Waals surface area contributed by atoms with E-state index in [2.05, 4.69) is 25.1 Å². The second-order valence-electron chi connectivity index (χ2n) is 4.21. The van der Waals surface area contributed by atoms with Crippen LogP contribution in [0.4, 0.5) is 5.82 Å². The predicted molar refractivity (Wildman–Crippen MR) is 59.3 cm³/mol. The molecule has 0 spiro atoms. The molecule has 3 heterocycles. The van der Waals surface area contributed by atoms with Crippen LogP contribution in [0, 0.1) is 0 Å². The summed E-state index contributed by atoms with van der Waals surface area (Å²) in [5, 5.41) is 10.9. The Morgan fingerprint density at radius 3 is 2.89 bits per heavy atom. The first-order valence-corrected chi connectivity index (χ1v) is 5.85. The van der Waals surface area contributed by atoms with Gasteiger partial charge in [-0.3, -0.25) is 0 Å². The zero-order valence-corrected chi connectivity index (χ0v) is 9.70. The summed E-state index contributed by atoms with van der Waals surface area (Å²) < 4.78 is 15.2. The van der Waals surface area contributed by atoms with Gasteiger partial charge in [0.15, 0.2) is 5.82 Å². The zero-order valence-electron chi connectivity index (χ0n) is 9.70. The van der Waals surface area contributed by atoms with Crippen LogP contribution >= 0.6 is 0 Å². The van der Waals surface area contributed by atoms with Gasteiger partial charge in [0, 0.05) is 13.0 Å². The average Bonchev–Trinajstić information content (AvgIpc) is 2.99. The van der Waals surface area contributed by atoms with Crippen molar-refractivity contribution in [2.24, 2.45) is 0 Å². The van der Waals surface area contributed by atoms with Crippen molar-refractivity contribution in [3.8, 4) is 11.6 Å². The zero-order chi connectivity index (χ0) is 12.4. The Hall–Kier alpha value is -1.96. The van der Waals surface area contributed by atoms with Gasteiger partial charge >= 0.3 is 0 Å². The maximum Gasteiger partial charge on any atom is 0.284 e. The lowest BCUT2D eigenvalue weighted by atomic mass is 10.1. The summed E-state index contributed by atoms with van der Waals surface area (Å²) in [5.74, 6) is 0.943. The molecule has 18 heavy (non-hydrogen) atoms. The van der Waals surface area contributed by atoms with Crippen molar-refractivity contribution in [1.82, 2.24) is 20.5 Å². The van der Waals surface area contributed by atoms with E-state index in [1.54, 1.807) is 0 Å². The molecule has 0 bridgehead atoms. The molecule has 0 amide bonds. The fourth-order valence-corrected chi connectivity index (χ4v) is 1.95. The number of nitrogens with zero attached hydrogens (tertiary/aromatic N) is 4. The highest BCUT2D eigenvalue weighted by molar-refractivity contribution is 5.60. The van der Waals surface area contributed by atoms with E-state index < -0.39 is 0 Å². The first kappa shape index (κ1) is 11.1. The molecule has 0 aromatic carbocycles. The summed E-state index contributed by atoms with van der Waals surface area (Å²) in [7, 11) is 0. The summed E-state index contributed by atoms with van der Waals surface area (Å²) in [5.41, 5.74) is 5.82. The quantitative estimate of drug-likeness (QED) is 0.852. The van der Waals surface area contributed by atoms with Crippen LogP contribution in [0.5, 0.6) is 0 Å². The van der Waals surface area contributed by atoms with Crippen molar-refractivity contribution in [2.45, 2.75) is 31.8 Å². The van der Waals surface area contributed by atoms with Gasteiger partial charge in [0.1, 0.15) is 0 Å². The van der Waals surface area contributed by atoms with E-state index in [1.807, 2.05) is 0 Å². The first-order valence-electron chi connectivity index (χ1n) is 5.85. The van der Waals surface area contributed by atoms with E-state index in [-0.39, 0.29) is 23.5 Å². The maximum absolute atomic E-state index is 5.61. The van der Waals surface area contributed by atoms with Crippen molar-refractivity contribution < 1.29 is 13.9 Å². The van der Waals surface area contributed by atoms with Crippen molar-refractivity contribution in [3.63, 3.8) is 0 Å². The van der Waals surface area contributed by atoms with Crippen LogP contribution in [0.25, 0.3) is 11.6 Å². The summed E-state index contributed by atoms with van der Waals surface area (Å²) in [6.45, 7) is 0.801. The molecule has 1 atom stereocenters. The molecule has 96 valence electrons. The molecule has 2 N–H and O–H groups in total. The second-order valence-corrected chi connectivity index (χ2v) is 4.21. The Kier molecular flexibility index (Phi) is 2.93. The number of anilines is 1. The highest BCUT2D eigenvalue weighted by atomic mass is 16.6. The highest BCUT2D eigenvalue weighted by Gasteiger charge is 2.20. The predicted octanol–water partition coefficient (Wildman–Crippen LogP) is 0.813. The SMILES string of the molecule is Nc1nonc1-c1nc(CC2CCCCO2)no1. The molecule has 0 saturated carbocycles. The van der Waals surface area contributed by atoms with Gasteiger partial charge in [-0.05, 0) is 29.6 Å². The molecule has 1 aliphatic heterocycles. The van der Waals surface area contributed by atoms with Crippen LogP contribution in [0.3, 0.4) is 0 Å². The van der Waals surface area contributed by atoms with E-state index >= 15 is 0 Å². The van der Waals surface area contributed by atoms with Gasteiger partial charge in [0.25, 0.3) is 5.89 Å². The molecule has 2 aromatic rings. The summed E-state index contributed by atoms with van der Waals surface area (Å²) >= 11 is 0. The van der Waals surface area contributed by atoms with Crippen LogP contribution < -0.4 is 5.73 Å². The molecule has 8 heteroatoms. The van der Waals surface area contributed by atoms with Gasteiger partial charge in [0.05, 0.1) is 6.10 Å². The Bertz CT molecular complexity index is 517. The van der Waals surface area contributed by atoms with Crippen molar-refractivity contribution in [1.29, 1.82) is 0 Å². The molecule has 2 aromatic heterocycles. The number of hydrogen-bond acceptors (Lipinski definition) is 8. The number of hydrogen-bond donors (Lipinski definition) is 1. The van der Waals surface area contributed by atoms with Crippen LogP contribution in [-0.4, -0.2) is 33.2 Å². The summed E-state index contributed by atoms with van der Waals surface area (Å²) in [6.07, 6.45) is 4.12. The van der Waals surface area contributed by atoms with Crippen LogP contribution in [0.2, 0.25) is 0 Å². The molecule has 8 nitrogen and oxygen atoms in total. The van der Waals surface area contributed by atoms with E-state index in [0.29, 0.717) is 12.2 Å². The van der Waals surface area contributed by atoms with E-state index in [9.17, 15) is 0 Å². The number of aromatic nitrogens is 4. The Labute approximate surface area is 102 Å². The minimum absolute atomic E-state index is 0.138. The lowest BCUT2D eigenvalue weighted by Gasteiger charge is -2.20. The van der Waals surface area contributed by atoms with Gasteiger partial charge in [-0.25, -0.2) is 4.63 Å². The molecule has 1 unspecified atom stereocenters. The van der Waals surface area contributed by atoms with Gasteiger partial charge in [-0.15, -0.1) is 0 Å². The lowest BCUT2D eigenvalue weighted by Crippen LogP contribution is -2.21. The van der Waals surface area contributed by atoms with E-state index in [1.165, 1.54) is 6.42 Å². The largest absolute Gasteiger partial charge is 0.379 e. The third-order valence-electron chi connectivity index (χ3n) is 2.87. The molecule has 0 aliphatic carbocycles. The van der Waals surface area contributed by atoms with Gasteiger partial charge in [-0.1, -0.05) is 5.16 Å².